The van der Waals surface area contributed by atoms with Crippen molar-refractivity contribution >= 4 is 11.7 Å². The van der Waals surface area contributed by atoms with Gasteiger partial charge in [-0.1, -0.05) is 54.6 Å². The molecule has 3 atom stereocenters. The Kier molecular flexibility index (Phi) is 5.15. The van der Waals surface area contributed by atoms with Crippen molar-refractivity contribution < 1.29 is 18.0 Å². The topological polar surface area (TPSA) is 59.0 Å². The van der Waals surface area contributed by atoms with Crippen LogP contribution in [0.4, 0.5) is 19.0 Å². The van der Waals surface area contributed by atoms with Gasteiger partial charge in [0.2, 0.25) is 0 Å². The van der Waals surface area contributed by atoms with Gasteiger partial charge in [-0.25, -0.2) is 4.68 Å². The van der Waals surface area contributed by atoms with Crippen molar-refractivity contribution in [3.05, 3.63) is 83.0 Å². The normalized spacial score (nSPS) is 22.4. The van der Waals surface area contributed by atoms with Gasteiger partial charge in [-0.2, -0.15) is 18.3 Å². The molecule has 0 saturated carbocycles. The molecule has 3 aromatic rings. The fourth-order valence-electron chi connectivity index (χ4n) is 4.77. The molecule has 166 valence electrons. The molecule has 2 aliphatic rings. The van der Waals surface area contributed by atoms with E-state index >= 15 is 0 Å². The summed E-state index contributed by atoms with van der Waals surface area (Å²) in [6.45, 7) is 0. The van der Waals surface area contributed by atoms with E-state index in [1.54, 1.807) is 24.3 Å². The molecule has 0 saturated heterocycles. The van der Waals surface area contributed by atoms with Crippen LogP contribution in [0.5, 0.6) is 0 Å². The van der Waals surface area contributed by atoms with Crippen molar-refractivity contribution in [1.29, 1.82) is 0 Å². The van der Waals surface area contributed by atoms with E-state index in [9.17, 15) is 18.0 Å². The first-order chi connectivity index (χ1) is 15.4. The van der Waals surface area contributed by atoms with Crippen molar-refractivity contribution in [2.24, 2.45) is 0 Å². The number of aryl methyl sites for hydroxylation is 1. The number of hydrogen-bond donors (Lipinski definition) is 2. The molecule has 1 aromatic heterocycles. The van der Waals surface area contributed by atoms with Crippen LogP contribution in [0.3, 0.4) is 0 Å². The molecule has 2 N–H and O–H groups in total. The number of nitrogens with zero attached hydrogens (tertiary/aromatic N) is 2. The Labute approximate surface area is 183 Å². The van der Waals surface area contributed by atoms with Crippen LogP contribution in [0.25, 0.3) is 0 Å². The lowest BCUT2D eigenvalue weighted by Crippen LogP contribution is -2.37. The lowest BCUT2D eigenvalue weighted by Gasteiger charge is -2.34. The summed E-state index contributed by atoms with van der Waals surface area (Å²) in [5.41, 5.74) is 3.13. The largest absolute Gasteiger partial charge is 0.410 e. The number of hydrogen-bond acceptors (Lipinski definition) is 3. The first-order valence-electron chi connectivity index (χ1n) is 10.8. The minimum Gasteiger partial charge on any atom is -0.363 e. The minimum atomic E-state index is -4.48. The number of alkyl halides is 3. The zero-order chi connectivity index (χ0) is 22.3. The third kappa shape index (κ3) is 3.74. The number of rotatable bonds is 3. The molecule has 2 heterocycles. The van der Waals surface area contributed by atoms with Gasteiger partial charge in [0.05, 0.1) is 18.3 Å². The molecular weight excluding hydrogens is 417 g/mol. The summed E-state index contributed by atoms with van der Waals surface area (Å²) in [5.74, 6) is -0.316. The Bertz CT molecular complexity index is 1130. The molecule has 5 nitrogen and oxygen atoms in total. The van der Waals surface area contributed by atoms with Gasteiger partial charge in [0.25, 0.3) is 5.91 Å². The number of halogens is 3. The first kappa shape index (κ1) is 20.6. The maximum absolute atomic E-state index is 13.9. The number of amides is 1. The summed E-state index contributed by atoms with van der Waals surface area (Å²) >= 11 is 0. The predicted molar refractivity (Wildman–Crippen MR) is 114 cm³/mol. The number of carbonyl (C=O) groups is 1. The fourth-order valence-corrected chi connectivity index (χ4v) is 4.77. The second-order valence-corrected chi connectivity index (χ2v) is 8.37. The van der Waals surface area contributed by atoms with Gasteiger partial charge in [0, 0.05) is 6.42 Å². The first-order valence-corrected chi connectivity index (χ1v) is 10.8. The van der Waals surface area contributed by atoms with Crippen LogP contribution in [0.2, 0.25) is 0 Å². The van der Waals surface area contributed by atoms with E-state index in [0.717, 1.165) is 35.1 Å². The highest BCUT2D eigenvalue weighted by Crippen LogP contribution is 2.44. The second-order valence-electron chi connectivity index (χ2n) is 8.37. The Morgan fingerprint density at radius 3 is 2.62 bits per heavy atom. The molecule has 0 spiro atoms. The third-order valence-electron chi connectivity index (χ3n) is 6.36. The summed E-state index contributed by atoms with van der Waals surface area (Å²) < 4.78 is 42.5. The fraction of sp³-hybridized carbons (Fsp3) is 0.333. The summed E-state index contributed by atoms with van der Waals surface area (Å²) in [7, 11) is 0. The van der Waals surface area contributed by atoms with Crippen LogP contribution >= 0.6 is 0 Å². The van der Waals surface area contributed by atoms with Crippen LogP contribution in [0.1, 0.15) is 64.4 Å². The van der Waals surface area contributed by atoms with E-state index in [0.29, 0.717) is 0 Å². The molecule has 32 heavy (non-hydrogen) atoms. The molecule has 0 bridgehead atoms. The molecule has 5 rings (SSSR count). The van der Waals surface area contributed by atoms with Crippen molar-refractivity contribution in [3.8, 4) is 0 Å². The number of carbonyl (C=O) groups excluding carboxylic acids is 1. The summed E-state index contributed by atoms with van der Waals surface area (Å²) in [6.07, 6.45) is -0.751. The van der Waals surface area contributed by atoms with E-state index in [2.05, 4.69) is 21.8 Å². The standard InChI is InChI=1S/C24H23F3N4O/c25-24(26,27)21-13-20(16-8-2-1-3-9-16)29-22-18(14-28-31(21)22)23(32)30-19-12-6-10-15-7-4-5-11-17(15)19/h1-5,7-9,11,14,19-21,29H,6,10,12-13H2,(H,30,32)/t19?,20-,21+/m1/s1. The molecule has 0 fully saturated rings. The van der Waals surface area contributed by atoms with Crippen LogP contribution in [0, 0.1) is 0 Å². The van der Waals surface area contributed by atoms with E-state index in [1.807, 2.05) is 24.3 Å². The molecule has 1 aliphatic carbocycles. The lowest BCUT2D eigenvalue weighted by molar-refractivity contribution is -0.173. The molecule has 2 aromatic carbocycles. The SMILES string of the molecule is O=C(NC1CCCc2ccccc21)c1cnn2c1N[C@@H](c1ccccc1)C[C@H]2C(F)(F)F. The van der Waals surface area contributed by atoms with Gasteiger partial charge >= 0.3 is 6.18 Å². The maximum atomic E-state index is 13.9. The highest BCUT2D eigenvalue weighted by Gasteiger charge is 2.47. The van der Waals surface area contributed by atoms with E-state index in [-0.39, 0.29) is 23.8 Å². The smallest absolute Gasteiger partial charge is 0.363 e. The number of benzene rings is 2. The Balaban J connectivity index is 1.46. The third-order valence-corrected chi connectivity index (χ3v) is 6.36. The van der Waals surface area contributed by atoms with Crippen LogP contribution in [-0.2, 0) is 6.42 Å². The minimum absolute atomic E-state index is 0.106. The van der Waals surface area contributed by atoms with Crippen LogP contribution < -0.4 is 10.6 Å². The Morgan fingerprint density at radius 1 is 1.09 bits per heavy atom. The van der Waals surface area contributed by atoms with Crippen molar-refractivity contribution in [2.45, 2.75) is 50.0 Å². The number of aromatic nitrogens is 2. The molecule has 0 radical (unpaired) electrons. The summed E-state index contributed by atoms with van der Waals surface area (Å²) in [6, 6.07) is 14.4. The van der Waals surface area contributed by atoms with Gasteiger partial charge in [0.15, 0.2) is 6.04 Å². The molecule has 1 unspecified atom stereocenters. The quantitative estimate of drug-likeness (QED) is 0.577. The zero-order valence-electron chi connectivity index (χ0n) is 17.3. The molecule has 1 aliphatic heterocycles. The Hall–Kier alpha value is -3.29. The zero-order valence-corrected chi connectivity index (χ0v) is 17.3. The van der Waals surface area contributed by atoms with Crippen molar-refractivity contribution in [2.75, 3.05) is 5.32 Å². The molecular formula is C24H23F3N4O. The predicted octanol–water partition coefficient (Wildman–Crippen LogP) is 5.35. The Morgan fingerprint density at radius 2 is 1.84 bits per heavy atom. The van der Waals surface area contributed by atoms with Gasteiger partial charge in [-0.05, 0) is 36.0 Å². The van der Waals surface area contributed by atoms with Crippen LogP contribution in [-0.4, -0.2) is 21.9 Å². The summed E-state index contributed by atoms with van der Waals surface area (Å²) in [4.78, 5) is 13.2. The van der Waals surface area contributed by atoms with Crippen LogP contribution in [0.15, 0.2) is 60.8 Å². The lowest BCUT2D eigenvalue weighted by atomic mass is 9.87. The van der Waals surface area contributed by atoms with Gasteiger partial charge < -0.3 is 10.6 Å². The van der Waals surface area contributed by atoms with Crippen molar-refractivity contribution in [1.82, 2.24) is 15.1 Å². The average molecular weight is 440 g/mol. The number of fused-ring (bicyclic) bond motifs is 2. The van der Waals surface area contributed by atoms with E-state index < -0.39 is 24.2 Å². The molecule has 8 heteroatoms. The van der Waals surface area contributed by atoms with E-state index in [1.165, 1.54) is 11.8 Å². The number of nitrogens with one attached hydrogen (secondary N) is 2. The van der Waals surface area contributed by atoms with Crippen molar-refractivity contribution in [3.63, 3.8) is 0 Å². The van der Waals surface area contributed by atoms with Gasteiger partial charge in [-0.3, -0.25) is 4.79 Å². The van der Waals surface area contributed by atoms with Gasteiger partial charge in [-0.15, -0.1) is 0 Å². The highest BCUT2D eigenvalue weighted by molar-refractivity contribution is 5.99. The number of anilines is 1. The monoisotopic (exact) mass is 440 g/mol. The molecule has 1 amide bonds. The average Bonchev–Trinajstić information content (AvgIpc) is 3.23. The summed E-state index contributed by atoms with van der Waals surface area (Å²) in [5, 5.41) is 10.1. The van der Waals surface area contributed by atoms with Gasteiger partial charge in [0.1, 0.15) is 11.4 Å². The maximum Gasteiger partial charge on any atom is 0.410 e. The second kappa shape index (κ2) is 8.00. The highest BCUT2D eigenvalue weighted by atomic mass is 19.4. The van der Waals surface area contributed by atoms with E-state index in [4.69, 9.17) is 0 Å².